The molecular weight excluding hydrogens is 278 g/mol. The van der Waals surface area contributed by atoms with Crippen LogP contribution in [0.4, 0.5) is 5.69 Å². The van der Waals surface area contributed by atoms with Gasteiger partial charge in [0.15, 0.2) is 0 Å². The van der Waals surface area contributed by atoms with Gasteiger partial charge in [-0.25, -0.2) is 0 Å². The van der Waals surface area contributed by atoms with Gasteiger partial charge in [0.25, 0.3) is 0 Å². The molecule has 4 heteroatoms. The number of nitrogens with zero attached hydrogens (tertiary/aromatic N) is 1. The lowest BCUT2D eigenvalue weighted by atomic mass is 10.0. The third-order valence-electron chi connectivity index (χ3n) is 3.07. The highest BCUT2D eigenvalue weighted by atomic mass is 79.9. The molecule has 0 spiro atoms. The molecule has 0 fully saturated rings. The average Bonchev–Trinajstić information content (AvgIpc) is 2.28. The monoisotopic (exact) mass is 293 g/mol. The van der Waals surface area contributed by atoms with E-state index >= 15 is 0 Å². The minimum Gasteiger partial charge on any atom is -0.323 e. The first kappa shape index (κ1) is 12.3. The van der Waals surface area contributed by atoms with Gasteiger partial charge in [-0.2, -0.15) is 0 Å². The molecule has 1 aromatic carbocycles. The number of hydrogen-bond acceptors (Lipinski definition) is 3. The molecule has 0 unspecified atom stereocenters. The lowest BCUT2D eigenvalue weighted by Crippen LogP contribution is -2.11. The molecule has 0 aliphatic carbocycles. The minimum absolute atomic E-state index is 0.909. The summed E-state index contributed by atoms with van der Waals surface area (Å²) in [5.41, 5.74) is 8.16. The maximum absolute atomic E-state index is 5.65. The number of anilines is 1. The highest BCUT2D eigenvalue weighted by Crippen LogP contribution is 2.31. The van der Waals surface area contributed by atoms with E-state index in [0.29, 0.717) is 0 Å². The maximum Gasteiger partial charge on any atom is 0.0756 e. The Labute approximate surface area is 110 Å². The molecule has 1 aromatic heterocycles. The number of hydrazine groups is 1. The van der Waals surface area contributed by atoms with Crippen LogP contribution in [-0.2, 0) is 6.42 Å². The van der Waals surface area contributed by atoms with Crippen LogP contribution in [0.3, 0.4) is 0 Å². The second-order valence-corrected chi connectivity index (χ2v) is 5.09. The Morgan fingerprint density at radius 1 is 1.35 bits per heavy atom. The van der Waals surface area contributed by atoms with Gasteiger partial charge in [0.1, 0.15) is 0 Å². The number of pyridine rings is 1. The number of nitrogen functional groups attached to an aromatic ring is 1. The number of aromatic nitrogens is 1. The quantitative estimate of drug-likeness (QED) is 0.658. The highest BCUT2D eigenvalue weighted by molar-refractivity contribution is 9.10. The third kappa shape index (κ3) is 2.03. The van der Waals surface area contributed by atoms with Gasteiger partial charge in [-0.05, 0) is 43.5 Å². The maximum atomic E-state index is 5.65. The second-order valence-electron chi connectivity index (χ2n) is 4.18. The topological polar surface area (TPSA) is 50.9 Å². The van der Waals surface area contributed by atoms with Crippen LogP contribution in [0.15, 0.2) is 16.6 Å². The first-order valence-electron chi connectivity index (χ1n) is 5.64. The van der Waals surface area contributed by atoms with Crippen molar-refractivity contribution in [1.82, 2.24) is 4.98 Å². The SMILES string of the molecule is CCc1nc2c(C)cc(Br)cc2c(NN)c1C. The Hall–Kier alpha value is -1.13. The van der Waals surface area contributed by atoms with Crippen LogP contribution in [0.1, 0.15) is 23.7 Å². The van der Waals surface area contributed by atoms with Gasteiger partial charge in [0.2, 0.25) is 0 Å². The zero-order chi connectivity index (χ0) is 12.6. The highest BCUT2D eigenvalue weighted by Gasteiger charge is 2.12. The van der Waals surface area contributed by atoms with Gasteiger partial charge in [-0.1, -0.05) is 22.9 Å². The number of aryl methyl sites for hydroxylation is 2. The number of hydrogen-bond donors (Lipinski definition) is 2. The van der Waals surface area contributed by atoms with Gasteiger partial charge in [-0.3, -0.25) is 10.8 Å². The lowest BCUT2D eigenvalue weighted by Gasteiger charge is -2.14. The Morgan fingerprint density at radius 2 is 2.06 bits per heavy atom. The summed E-state index contributed by atoms with van der Waals surface area (Å²) in [7, 11) is 0. The van der Waals surface area contributed by atoms with Crippen molar-refractivity contribution in [3.05, 3.63) is 33.4 Å². The Kier molecular flexibility index (Phi) is 3.35. The predicted molar refractivity (Wildman–Crippen MR) is 76.1 cm³/mol. The average molecular weight is 294 g/mol. The van der Waals surface area contributed by atoms with Crippen molar-refractivity contribution in [2.45, 2.75) is 27.2 Å². The van der Waals surface area contributed by atoms with Crippen molar-refractivity contribution in [3.63, 3.8) is 0 Å². The molecule has 0 radical (unpaired) electrons. The standard InChI is InChI=1S/C13H16BrN3/c1-4-11-8(3)13(17-15)10-6-9(14)5-7(2)12(10)16-11/h5-6H,4,15H2,1-3H3,(H,16,17). The van der Waals surface area contributed by atoms with E-state index in [1.165, 1.54) is 0 Å². The number of rotatable bonds is 2. The fourth-order valence-electron chi connectivity index (χ4n) is 2.17. The second kappa shape index (κ2) is 4.63. The fourth-order valence-corrected chi connectivity index (χ4v) is 2.74. The summed E-state index contributed by atoms with van der Waals surface area (Å²) in [6, 6.07) is 4.13. The molecule has 1 heterocycles. The minimum atomic E-state index is 0.909. The third-order valence-corrected chi connectivity index (χ3v) is 3.53. The van der Waals surface area contributed by atoms with E-state index in [0.717, 1.165) is 44.3 Å². The molecule has 0 saturated carbocycles. The molecule has 2 aromatic rings. The summed E-state index contributed by atoms with van der Waals surface area (Å²) in [6.45, 7) is 6.22. The van der Waals surface area contributed by atoms with Crippen LogP contribution in [-0.4, -0.2) is 4.98 Å². The Bertz CT molecular complexity index is 579. The summed E-state index contributed by atoms with van der Waals surface area (Å²) in [5.74, 6) is 5.65. The molecule has 0 amide bonds. The van der Waals surface area contributed by atoms with Crippen LogP contribution >= 0.6 is 15.9 Å². The molecule has 0 atom stereocenters. The van der Waals surface area contributed by atoms with Gasteiger partial charge < -0.3 is 5.43 Å². The summed E-state index contributed by atoms with van der Waals surface area (Å²) >= 11 is 3.51. The summed E-state index contributed by atoms with van der Waals surface area (Å²) in [5, 5.41) is 1.06. The van der Waals surface area contributed by atoms with Crippen molar-refractivity contribution >= 4 is 32.5 Å². The van der Waals surface area contributed by atoms with Crippen LogP contribution in [0, 0.1) is 13.8 Å². The van der Waals surface area contributed by atoms with E-state index in [-0.39, 0.29) is 0 Å². The number of benzene rings is 1. The summed E-state index contributed by atoms with van der Waals surface area (Å²) in [4.78, 5) is 4.73. The molecule has 17 heavy (non-hydrogen) atoms. The van der Waals surface area contributed by atoms with Crippen LogP contribution in [0.5, 0.6) is 0 Å². The van der Waals surface area contributed by atoms with Crippen LogP contribution in [0.2, 0.25) is 0 Å². The summed E-state index contributed by atoms with van der Waals surface area (Å²) < 4.78 is 1.05. The number of nitrogens with one attached hydrogen (secondary N) is 1. The van der Waals surface area contributed by atoms with Crippen molar-refractivity contribution in [3.8, 4) is 0 Å². The van der Waals surface area contributed by atoms with Gasteiger partial charge in [0, 0.05) is 15.6 Å². The van der Waals surface area contributed by atoms with Crippen molar-refractivity contribution < 1.29 is 0 Å². The zero-order valence-corrected chi connectivity index (χ0v) is 11.9. The van der Waals surface area contributed by atoms with E-state index < -0.39 is 0 Å². The molecule has 0 saturated heterocycles. The van der Waals surface area contributed by atoms with Crippen LogP contribution < -0.4 is 11.3 Å². The first-order chi connectivity index (χ1) is 8.08. The number of fused-ring (bicyclic) bond motifs is 1. The van der Waals surface area contributed by atoms with E-state index in [4.69, 9.17) is 10.8 Å². The molecular formula is C13H16BrN3. The van der Waals surface area contributed by atoms with Crippen molar-refractivity contribution in [1.29, 1.82) is 0 Å². The molecule has 3 N–H and O–H groups in total. The molecule has 90 valence electrons. The summed E-state index contributed by atoms with van der Waals surface area (Å²) in [6.07, 6.45) is 0.909. The number of halogens is 1. The molecule has 0 bridgehead atoms. The van der Waals surface area contributed by atoms with E-state index in [2.05, 4.69) is 54.3 Å². The normalized spacial score (nSPS) is 10.9. The lowest BCUT2D eigenvalue weighted by molar-refractivity contribution is 1.02. The van der Waals surface area contributed by atoms with Gasteiger partial charge in [0.05, 0.1) is 11.2 Å². The van der Waals surface area contributed by atoms with Crippen LogP contribution in [0.25, 0.3) is 10.9 Å². The Morgan fingerprint density at radius 3 is 2.65 bits per heavy atom. The Balaban J connectivity index is 2.92. The number of nitrogens with two attached hydrogens (primary N) is 1. The van der Waals surface area contributed by atoms with Gasteiger partial charge in [-0.15, -0.1) is 0 Å². The van der Waals surface area contributed by atoms with E-state index in [1.807, 2.05) is 0 Å². The molecule has 0 aliphatic rings. The molecule has 0 aliphatic heterocycles. The predicted octanol–water partition coefficient (Wildman–Crippen LogP) is 3.46. The molecule has 3 nitrogen and oxygen atoms in total. The van der Waals surface area contributed by atoms with Gasteiger partial charge >= 0.3 is 0 Å². The first-order valence-corrected chi connectivity index (χ1v) is 6.43. The largest absolute Gasteiger partial charge is 0.323 e. The molecule has 2 rings (SSSR count). The van der Waals surface area contributed by atoms with E-state index in [9.17, 15) is 0 Å². The van der Waals surface area contributed by atoms with E-state index in [1.54, 1.807) is 0 Å². The smallest absolute Gasteiger partial charge is 0.0756 e. The zero-order valence-electron chi connectivity index (χ0n) is 10.3. The van der Waals surface area contributed by atoms with Crippen molar-refractivity contribution in [2.75, 3.05) is 5.43 Å². The fraction of sp³-hybridized carbons (Fsp3) is 0.308. The van der Waals surface area contributed by atoms with Crippen molar-refractivity contribution in [2.24, 2.45) is 5.84 Å².